The Balaban J connectivity index is 1.15. The highest BCUT2D eigenvalue weighted by Gasteiger charge is 2.42. The van der Waals surface area contributed by atoms with Crippen molar-refractivity contribution in [3.8, 4) is 22.3 Å². The molecule has 6 aromatic carbocycles. The molecule has 0 saturated carbocycles. The smallest absolute Gasteiger partial charge is 0.193 e. The molecule has 0 bridgehead atoms. The van der Waals surface area contributed by atoms with Gasteiger partial charge in [-0.25, -0.2) is 0 Å². The topological polar surface area (TPSA) is 20.3 Å². The van der Waals surface area contributed by atoms with E-state index < -0.39 is 0 Å². The van der Waals surface area contributed by atoms with Crippen LogP contribution in [0.3, 0.4) is 0 Å². The van der Waals surface area contributed by atoms with Gasteiger partial charge in [0.15, 0.2) is 5.78 Å². The molecule has 6 aromatic rings. The number of benzene rings is 6. The highest BCUT2D eigenvalue weighted by Crippen LogP contribution is 2.57. The Morgan fingerprint density at radius 3 is 1.71 bits per heavy atom. The van der Waals surface area contributed by atoms with Gasteiger partial charge >= 0.3 is 0 Å². The summed E-state index contributed by atoms with van der Waals surface area (Å²) < 4.78 is 0. The van der Waals surface area contributed by atoms with Crippen LogP contribution in [0.25, 0.3) is 22.3 Å². The first kappa shape index (κ1) is 32.7. The summed E-state index contributed by atoms with van der Waals surface area (Å²) in [7, 11) is 0. The Hall–Kier alpha value is -5.21. The summed E-state index contributed by atoms with van der Waals surface area (Å²) in [6.07, 6.45) is 0. The molecule has 0 saturated heterocycles. The minimum Gasteiger partial charge on any atom is -0.310 e. The first-order chi connectivity index (χ1) is 24.6. The number of hydrogen-bond acceptors (Lipinski definition) is 2. The Kier molecular flexibility index (Phi) is 6.71. The van der Waals surface area contributed by atoms with Gasteiger partial charge in [-0.3, -0.25) is 4.79 Å². The molecule has 9 rings (SSSR count). The number of ketones is 1. The number of carbonyl (C=O) groups is 1. The average molecular weight is 678 g/mol. The Morgan fingerprint density at radius 2 is 1.00 bits per heavy atom. The van der Waals surface area contributed by atoms with Crippen molar-refractivity contribution >= 4 is 22.8 Å². The molecule has 258 valence electrons. The standard InChI is InChI=1S/C50H47NO/c1-47(2,3)32-21-25-36-41(27-32)50(8,9)40-26-31(20-24-35(40)46(36)52)30-18-22-33(23-19-30)51-44-17-13-12-16-39(44)49(6,7)43-29-42-37(28-45(43)51)34-14-10-11-15-38(34)48(42,4)5/h10-29H,1-9H3. The second-order valence-electron chi connectivity index (χ2n) is 17.8. The van der Waals surface area contributed by atoms with Gasteiger partial charge in [0, 0.05) is 33.1 Å². The van der Waals surface area contributed by atoms with Crippen LogP contribution in [0, 0.1) is 0 Å². The highest BCUT2D eigenvalue weighted by atomic mass is 16.1. The first-order valence-electron chi connectivity index (χ1n) is 18.7. The minimum atomic E-state index is -0.308. The van der Waals surface area contributed by atoms with Gasteiger partial charge in [0.1, 0.15) is 0 Å². The molecule has 2 nitrogen and oxygen atoms in total. The van der Waals surface area contributed by atoms with Gasteiger partial charge in [0.25, 0.3) is 0 Å². The maximum atomic E-state index is 13.8. The first-order valence-corrected chi connectivity index (χ1v) is 18.7. The summed E-state index contributed by atoms with van der Waals surface area (Å²) >= 11 is 0. The molecule has 3 aliphatic rings. The van der Waals surface area contributed by atoms with Gasteiger partial charge in [0.2, 0.25) is 0 Å². The van der Waals surface area contributed by atoms with E-state index in [-0.39, 0.29) is 27.4 Å². The largest absolute Gasteiger partial charge is 0.310 e. The van der Waals surface area contributed by atoms with Crippen molar-refractivity contribution in [2.45, 2.75) is 84.0 Å². The van der Waals surface area contributed by atoms with Gasteiger partial charge in [-0.2, -0.15) is 0 Å². The van der Waals surface area contributed by atoms with Crippen molar-refractivity contribution < 1.29 is 4.79 Å². The van der Waals surface area contributed by atoms with Crippen LogP contribution in [0.1, 0.15) is 117 Å². The van der Waals surface area contributed by atoms with Crippen LogP contribution in [0.2, 0.25) is 0 Å². The van der Waals surface area contributed by atoms with Crippen molar-refractivity contribution in [2.24, 2.45) is 0 Å². The number of para-hydroxylation sites is 1. The maximum absolute atomic E-state index is 13.8. The van der Waals surface area contributed by atoms with E-state index in [0.717, 1.165) is 39.1 Å². The Bertz CT molecular complexity index is 2480. The lowest BCUT2D eigenvalue weighted by molar-refractivity contribution is 0.103. The molecular weight excluding hydrogens is 631 g/mol. The molecule has 0 aromatic heterocycles. The third kappa shape index (κ3) is 4.46. The number of hydrogen-bond donors (Lipinski definition) is 0. The fraction of sp³-hybridized carbons (Fsp3) is 0.260. The number of fused-ring (bicyclic) bond motifs is 7. The molecule has 1 aliphatic heterocycles. The number of rotatable bonds is 2. The lowest BCUT2D eigenvalue weighted by Gasteiger charge is -2.43. The predicted octanol–water partition coefficient (Wildman–Crippen LogP) is 12.9. The number of carbonyl (C=O) groups excluding carboxylic acids is 1. The van der Waals surface area contributed by atoms with E-state index in [0.29, 0.717) is 0 Å². The van der Waals surface area contributed by atoms with Crippen LogP contribution in [-0.4, -0.2) is 5.78 Å². The van der Waals surface area contributed by atoms with Gasteiger partial charge in [-0.15, -0.1) is 0 Å². The fourth-order valence-corrected chi connectivity index (χ4v) is 9.43. The Labute approximate surface area is 309 Å². The molecular formula is C50H47NO. The monoisotopic (exact) mass is 677 g/mol. The molecule has 0 unspecified atom stereocenters. The molecule has 2 aliphatic carbocycles. The van der Waals surface area contributed by atoms with Gasteiger partial charge < -0.3 is 4.90 Å². The molecule has 0 amide bonds. The van der Waals surface area contributed by atoms with Crippen LogP contribution >= 0.6 is 0 Å². The number of anilines is 3. The maximum Gasteiger partial charge on any atom is 0.193 e. The zero-order valence-electron chi connectivity index (χ0n) is 31.9. The summed E-state index contributed by atoms with van der Waals surface area (Å²) in [5, 5.41) is 0. The molecule has 1 heterocycles. The molecule has 0 radical (unpaired) electrons. The molecule has 52 heavy (non-hydrogen) atoms. The minimum absolute atomic E-state index is 0.00426. The fourth-order valence-electron chi connectivity index (χ4n) is 9.43. The van der Waals surface area contributed by atoms with Crippen LogP contribution < -0.4 is 4.90 Å². The van der Waals surface area contributed by atoms with Crippen molar-refractivity contribution in [3.63, 3.8) is 0 Å². The van der Waals surface area contributed by atoms with Crippen LogP contribution in [0.15, 0.2) is 121 Å². The second-order valence-corrected chi connectivity index (χ2v) is 17.8. The van der Waals surface area contributed by atoms with Crippen molar-refractivity contribution in [1.29, 1.82) is 0 Å². The van der Waals surface area contributed by atoms with E-state index in [9.17, 15) is 4.79 Å². The van der Waals surface area contributed by atoms with Crippen molar-refractivity contribution in [1.82, 2.24) is 0 Å². The quantitative estimate of drug-likeness (QED) is 0.182. The summed E-state index contributed by atoms with van der Waals surface area (Å²) in [6.45, 7) is 20.7. The molecule has 0 spiro atoms. The lowest BCUT2D eigenvalue weighted by Crippen LogP contribution is -2.31. The Morgan fingerprint density at radius 1 is 0.442 bits per heavy atom. The zero-order chi connectivity index (χ0) is 36.5. The van der Waals surface area contributed by atoms with Crippen molar-refractivity contribution in [3.05, 3.63) is 171 Å². The van der Waals surface area contributed by atoms with E-state index in [1.54, 1.807) is 0 Å². The summed E-state index contributed by atoms with van der Waals surface area (Å²) in [4.78, 5) is 16.3. The van der Waals surface area contributed by atoms with Gasteiger partial charge in [-0.05, 0) is 96.9 Å². The van der Waals surface area contributed by atoms with E-state index in [4.69, 9.17) is 0 Å². The van der Waals surface area contributed by atoms with E-state index >= 15 is 0 Å². The van der Waals surface area contributed by atoms with Gasteiger partial charge in [0.05, 0.1) is 11.4 Å². The predicted molar refractivity (Wildman–Crippen MR) is 217 cm³/mol. The zero-order valence-corrected chi connectivity index (χ0v) is 31.9. The second kappa shape index (κ2) is 10.7. The third-order valence-corrected chi connectivity index (χ3v) is 12.6. The highest BCUT2D eigenvalue weighted by molar-refractivity contribution is 6.13. The molecule has 0 fully saturated rings. The van der Waals surface area contributed by atoms with Crippen molar-refractivity contribution in [2.75, 3.05) is 4.90 Å². The summed E-state index contributed by atoms with van der Waals surface area (Å²) in [5.74, 6) is 0.120. The normalized spacial score (nSPS) is 17.0. The van der Waals surface area contributed by atoms with Crippen LogP contribution in [0.5, 0.6) is 0 Å². The summed E-state index contributed by atoms with van der Waals surface area (Å²) in [6, 6.07) is 44.6. The lowest BCUT2D eigenvalue weighted by atomic mass is 9.67. The SMILES string of the molecule is CC(C)(C)c1ccc2c(c1)C(C)(C)c1cc(-c3ccc(N4c5ccccc5C(C)(C)c5cc6c(cc54)-c4ccccc4C6(C)C)cc3)ccc1C2=O. The summed E-state index contributed by atoms with van der Waals surface area (Å²) in [5.41, 5.74) is 18.6. The third-order valence-electron chi connectivity index (χ3n) is 12.6. The van der Waals surface area contributed by atoms with Crippen LogP contribution in [-0.2, 0) is 21.7 Å². The average Bonchev–Trinajstić information content (AvgIpc) is 3.35. The molecule has 0 N–H and O–H groups in total. The molecule has 2 heteroatoms. The van der Waals surface area contributed by atoms with E-state index in [2.05, 4.69) is 176 Å². The number of nitrogens with zero attached hydrogens (tertiary/aromatic N) is 1. The van der Waals surface area contributed by atoms with E-state index in [1.165, 1.54) is 50.3 Å². The molecule has 0 atom stereocenters. The van der Waals surface area contributed by atoms with Crippen LogP contribution in [0.4, 0.5) is 17.1 Å². The van der Waals surface area contributed by atoms with E-state index in [1.807, 2.05) is 12.1 Å². The van der Waals surface area contributed by atoms with Gasteiger partial charge in [-0.1, -0.05) is 153 Å².